The Morgan fingerprint density at radius 1 is 1.21 bits per heavy atom. The number of hydrogen-bond donors (Lipinski definition) is 1. The van der Waals surface area contributed by atoms with E-state index in [2.05, 4.69) is 10.1 Å². The second-order valence-electron chi connectivity index (χ2n) is 7.03. The van der Waals surface area contributed by atoms with Crippen molar-refractivity contribution in [3.05, 3.63) is 46.1 Å². The van der Waals surface area contributed by atoms with Gasteiger partial charge >= 0.3 is 10.2 Å². The molecule has 3 aromatic rings. The van der Waals surface area contributed by atoms with Crippen LogP contribution in [0.5, 0.6) is 0 Å². The molecule has 34 heavy (non-hydrogen) atoms. The summed E-state index contributed by atoms with van der Waals surface area (Å²) in [6, 6.07) is 1.52. The summed E-state index contributed by atoms with van der Waals surface area (Å²) in [6.07, 6.45) is 3.75. The first-order chi connectivity index (χ1) is 15.2. The molecule has 18 heteroatoms. The molecule has 0 bridgehead atoms. The summed E-state index contributed by atoms with van der Waals surface area (Å²) >= 11 is 11.7. The molecule has 0 amide bonds. The molecular formula is C16H14Cl2F5N7O2S2. The zero-order valence-electron chi connectivity index (χ0n) is 17.1. The number of hydrogen-bond acceptors (Lipinski definition) is 6. The average molecular weight is 566 g/mol. The Balaban J connectivity index is 2.26. The van der Waals surface area contributed by atoms with Gasteiger partial charge in [-0.05, 0) is 12.1 Å². The molecule has 2 N–H and O–H groups in total. The summed E-state index contributed by atoms with van der Waals surface area (Å²) in [5.74, 6) is -0.308. The third-order valence-electron chi connectivity index (χ3n) is 4.50. The summed E-state index contributed by atoms with van der Waals surface area (Å²) < 4.78 is 93.9. The number of nitrogens with zero attached hydrogens (tertiary/aromatic N) is 6. The minimum absolute atomic E-state index is 0.0562. The molecule has 0 unspecified atom stereocenters. The number of halogens is 7. The molecule has 0 aliphatic carbocycles. The largest absolute Gasteiger partial charge is 0.382 e. The van der Waals surface area contributed by atoms with Crippen molar-refractivity contribution in [2.24, 2.45) is 7.05 Å². The number of nitrogens with two attached hydrogens (primary N) is 1. The number of anilines is 2. The molecule has 9 nitrogen and oxygen atoms in total. The van der Waals surface area contributed by atoms with Crippen molar-refractivity contribution in [1.29, 1.82) is 5.26 Å². The molecule has 0 fully saturated rings. The van der Waals surface area contributed by atoms with E-state index in [9.17, 15) is 33.1 Å². The van der Waals surface area contributed by atoms with Gasteiger partial charge in [0.05, 0.1) is 22.8 Å². The highest BCUT2D eigenvalue weighted by molar-refractivity contribution is 8.45. The van der Waals surface area contributed by atoms with Crippen molar-refractivity contribution < 1.29 is 27.8 Å². The topological polar surface area (TPSA) is 123 Å². The summed E-state index contributed by atoms with van der Waals surface area (Å²) in [5.41, 5.74) is 4.47. The van der Waals surface area contributed by atoms with Crippen LogP contribution in [0.4, 0.5) is 30.9 Å². The fourth-order valence-corrected chi connectivity index (χ4v) is 5.24. The molecule has 2 aromatic heterocycles. The van der Waals surface area contributed by atoms with E-state index in [-0.39, 0.29) is 18.0 Å². The monoisotopic (exact) mass is 565 g/mol. The first-order valence-electron chi connectivity index (χ1n) is 8.70. The lowest BCUT2D eigenvalue weighted by molar-refractivity contribution is 0.364. The van der Waals surface area contributed by atoms with Crippen molar-refractivity contribution in [3.63, 3.8) is 0 Å². The lowest BCUT2D eigenvalue weighted by atomic mass is 10.3. The molecule has 0 radical (unpaired) electrons. The number of aromatic nitrogens is 4. The Bertz CT molecular complexity index is 1440. The van der Waals surface area contributed by atoms with Crippen LogP contribution in [-0.2, 0) is 23.6 Å². The number of rotatable bonds is 6. The van der Waals surface area contributed by atoms with Gasteiger partial charge in [-0.15, -0.1) is 0 Å². The molecular weight excluding hydrogens is 552 g/mol. The number of aryl methyl sites for hydroxylation is 1. The second-order valence-corrected chi connectivity index (χ2v) is 12.2. The molecule has 0 spiro atoms. The number of sulfonamides is 1. The molecule has 1 aromatic carbocycles. The SMILES string of the molecule is Cn1ccnc1CN(c1c(C#N)nn(-c2c(Cl)cc(S(F)(F)(F)(F)F)cc2Cl)c1N)S(C)(=O)=O. The van der Waals surface area contributed by atoms with Crippen LogP contribution in [0.15, 0.2) is 29.4 Å². The van der Waals surface area contributed by atoms with Gasteiger partial charge in [-0.2, -0.15) is 10.4 Å². The van der Waals surface area contributed by atoms with E-state index < -0.39 is 64.6 Å². The van der Waals surface area contributed by atoms with Crippen molar-refractivity contribution >= 4 is 55.0 Å². The lowest BCUT2D eigenvalue weighted by Gasteiger charge is -2.40. The van der Waals surface area contributed by atoms with Crippen LogP contribution in [0, 0.1) is 11.3 Å². The van der Waals surface area contributed by atoms with Gasteiger partial charge in [0.2, 0.25) is 10.0 Å². The van der Waals surface area contributed by atoms with Gasteiger partial charge in [-0.1, -0.05) is 42.6 Å². The highest BCUT2D eigenvalue weighted by atomic mass is 35.5. The van der Waals surface area contributed by atoms with Gasteiger partial charge in [0, 0.05) is 19.4 Å². The van der Waals surface area contributed by atoms with Gasteiger partial charge in [-0.25, -0.2) is 18.1 Å². The van der Waals surface area contributed by atoms with Crippen LogP contribution >= 0.6 is 33.4 Å². The fraction of sp³-hybridized carbons (Fsp3) is 0.188. The van der Waals surface area contributed by atoms with Gasteiger partial charge in [-0.3, -0.25) is 4.31 Å². The molecule has 0 saturated heterocycles. The van der Waals surface area contributed by atoms with E-state index in [0.29, 0.717) is 8.99 Å². The van der Waals surface area contributed by atoms with Crippen molar-refractivity contribution in [3.8, 4) is 11.8 Å². The number of nitriles is 1. The lowest BCUT2D eigenvalue weighted by Crippen LogP contribution is -2.31. The van der Waals surface area contributed by atoms with E-state index in [0.717, 1.165) is 6.26 Å². The van der Waals surface area contributed by atoms with Crippen LogP contribution in [0.1, 0.15) is 11.5 Å². The maximum atomic E-state index is 13.2. The molecule has 2 heterocycles. The molecule has 3 rings (SSSR count). The highest BCUT2D eigenvalue weighted by Gasteiger charge is 2.65. The summed E-state index contributed by atoms with van der Waals surface area (Å²) in [4.78, 5) is 1.66. The Kier molecular flexibility index (Phi) is 5.61. The Morgan fingerprint density at radius 2 is 1.76 bits per heavy atom. The first kappa shape index (κ1) is 25.9. The molecule has 0 aliphatic rings. The number of nitrogen functional groups attached to an aromatic ring is 1. The van der Waals surface area contributed by atoms with E-state index in [1.54, 1.807) is 13.1 Å². The number of imidazole rings is 1. The molecule has 0 atom stereocenters. The van der Waals surface area contributed by atoms with Gasteiger partial charge in [0.1, 0.15) is 28.2 Å². The van der Waals surface area contributed by atoms with E-state index in [1.807, 2.05) is 0 Å². The Morgan fingerprint density at radius 3 is 2.18 bits per heavy atom. The maximum absolute atomic E-state index is 13.2. The van der Waals surface area contributed by atoms with E-state index in [1.165, 1.54) is 17.0 Å². The van der Waals surface area contributed by atoms with Gasteiger partial charge < -0.3 is 10.3 Å². The molecule has 186 valence electrons. The van der Waals surface area contributed by atoms with E-state index in [4.69, 9.17) is 28.9 Å². The third kappa shape index (κ3) is 4.87. The average Bonchev–Trinajstić information content (AvgIpc) is 3.19. The number of benzene rings is 1. The zero-order valence-corrected chi connectivity index (χ0v) is 20.2. The maximum Gasteiger partial charge on any atom is 0.310 e. The van der Waals surface area contributed by atoms with Crippen molar-refractivity contribution in [1.82, 2.24) is 19.3 Å². The van der Waals surface area contributed by atoms with Crippen LogP contribution < -0.4 is 10.0 Å². The molecule has 0 aliphatic heterocycles. The summed E-state index contributed by atoms with van der Waals surface area (Å²) in [5, 5.41) is 11.5. The third-order valence-corrected chi connectivity index (χ3v) is 7.32. The standard InChI is InChI=1S/C16H14Cl2F5N7O2S2/c1-28-4-3-26-13(28)8-29(33(2,31)32)15-12(7-24)27-30(16(15)25)14-10(17)5-9(6-11(14)18)34(19,20,21,22)23/h3-6H,8,25H2,1-2H3. The first-order valence-corrected chi connectivity index (χ1v) is 13.3. The normalized spacial score (nSPS) is 14.4. The minimum Gasteiger partial charge on any atom is -0.382 e. The Hall–Kier alpha value is -2.74. The minimum atomic E-state index is -10.1. The van der Waals surface area contributed by atoms with E-state index >= 15 is 0 Å². The predicted molar refractivity (Wildman–Crippen MR) is 118 cm³/mol. The smallest absolute Gasteiger partial charge is 0.310 e. The van der Waals surface area contributed by atoms with Crippen LogP contribution in [0.3, 0.4) is 0 Å². The van der Waals surface area contributed by atoms with Gasteiger partial charge in [0.15, 0.2) is 11.5 Å². The molecule has 0 saturated carbocycles. The second kappa shape index (κ2) is 7.38. The quantitative estimate of drug-likeness (QED) is 0.420. The fourth-order valence-electron chi connectivity index (χ4n) is 2.92. The Labute approximate surface area is 199 Å². The summed E-state index contributed by atoms with van der Waals surface area (Å²) in [6.45, 7) is -0.391. The van der Waals surface area contributed by atoms with Crippen molar-refractivity contribution in [2.75, 3.05) is 16.3 Å². The van der Waals surface area contributed by atoms with Crippen LogP contribution in [0.2, 0.25) is 10.0 Å². The predicted octanol–water partition coefficient (Wildman–Crippen LogP) is 4.99. The van der Waals surface area contributed by atoms with Crippen LogP contribution in [0.25, 0.3) is 5.69 Å². The zero-order chi connectivity index (χ0) is 25.9. The van der Waals surface area contributed by atoms with Crippen molar-refractivity contribution in [2.45, 2.75) is 11.4 Å². The highest BCUT2D eigenvalue weighted by Crippen LogP contribution is 3.02. The van der Waals surface area contributed by atoms with Crippen LogP contribution in [-0.4, -0.2) is 34.0 Å². The summed E-state index contributed by atoms with van der Waals surface area (Å²) in [7, 11) is -12.7. The van der Waals surface area contributed by atoms with Gasteiger partial charge in [0.25, 0.3) is 0 Å².